The summed E-state index contributed by atoms with van der Waals surface area (Å²) in [5, 5.41) is 2.72. The number of alkyl halides is 2. The smallest absolute Gasteiger partial charge is 0.318 e. The summed E-state index contributed by atoms with van der Waals surface area (Å²) in [7, 11) is 0. The van der Waals surface area contributed by atoms with Crippen molar-refractivity contribution in [3.63, 3.8) is 0 Å². The third-order valence-corrected chi connectivity index (χ3v) is 9.16. The zero-order valence-electron chi connectivity index (χ0n) is 25.6. The van der Waals surface area contributed by atoms with Crippen molar-refractivity contribution in [3.05, 3.63) is 76.8 Å². The predicted molar refractivity (Wildman–Crippen MR) is 182 cm³/mol. The number of aromatic nitrogens is 2. The van der Waals surface area contributed by atoms with Crippen LogP contribution >= 0.6 is 25.1 Å². The van der Waals surface area contributed by atoms with E-state index in [-0.39, 0.29) is 57.6 Å². The van der Waals surface area contributed by atoms with Crippen molar-refractivity contribution in [1.29, 1.82) is 0 Å². The average Bonchev–Trinajstić information content (AvgIpc) is 3.03. The quantitative estimate of drug-likeness (QED) is 0.242. The van der Waals surface area contributed by atoms with Crippen LogP contribution in [-0.2, 0) is 17.8 Å². The lowest BCUT2D eigenvalue weighted by Gasteiger charge is -2.41. The molecule has 46 heavy (non-hydrogen) atoms. The van der Waals surface area contributed by atoms with Gasteiger partial charge in [-0.25, -0.2) is 15.4 Å². The van der Waals surface area contributed by atoms with Crippen LogP contribution in [0.25, 0.3) is 15.6 Å². The van der Waals surface area contributed by atoms with E-state index in [4.69, 9.17) is 32.9 Å². The summed E-state index contributed by atoms with van der Waals surface area (Å²) >= 11 is 6.67. The number of ether oxygens (including phenoxy) is 1. The fourth-order valence-electron chi connectivity index (χ4n) is 6.68. The number of rotatable bonds is 8. The van der Waals surface area contributed by atoms with E-state index in [9.17, 15) is 13.6 Å². The summed E-state index contributed by atoms with van der Waals surface area (Å²) in [4.78, 5) is 33.6. The van der Waals surface area contributed by atoms with Crippen molar-refractivity contribution in [1.82, 2.24) is 19.8 Å². The molecule has 6 rings (SSSR count). The molecule has 1 atom stereocenters. The Hall–Kier alpha value is -3.66. The van der Waals surface area contributed by atoms with E-state index in [1.165, 1.54) is 6.08 Å². The van der Waals surface area contributed by atoms with Gasteiger partial charge >= 0.3 is 6.01 Å². The molecule has 13 heteroatoms. The first-order valence-electron chi connectivity index (χ1n) is 15.3. The van der Waals surface area contributed by atoms with Crippen LogP contribution in [-0.4, -0.2) is 96.6 Å². The van der Waals surface area contributed by atoms with Gasteiger partial charge in [0.25, 0.3) is 5.92 Å². The largest absolute Gasteiger partial charge is 0.462 e. The van der Waals surface area contributed by atoms with E-state index in [2.05, 4.69) is 27.3 Å². The highest BCUT2D eigenvalue weighted by atomic mass is 35.5. The monoisotopic (exact) mass is 669 g/mol. The first-order chi connectivity index (χ1) is 21.8. The lowest BCUT2D eigenvalue weighted by molar-refractivity contribution is -0.128. The summed E-state index contributed by atoms with van der Waals surface area (Å²) in [6.45, 7) is 14.8. The minimum Gasteiger partial charge on any atom is -0.462 e. The maximum absolute atomic E-state index is 14.0. The number of benzene rings is 2. The number of hydrogen-bond acceptors (Lipinski definition) is 7. The molecule has 3 aliphatic rings. The molecule has 2 fully saturated rings. The van der Waals surface area contributed by atoms with Crippen LogP contribution in [0.5, 0.6) is 6.01 Å². The molecule has 0 saturated carbocycles. The van der Waals surface area contributed by atoms with E-state index in [1.54, 1.807) is 9.80 Å². The lowest BCUT2D eigenvalue weighted by Crippen LogP contribution is -2.56. The second kappa shape index (κ2) is 14.4. The Kier molecular flexibility index (Phi) is 10.6. The molecule has 0 unspecified atom stereocenters. The van der Waals surface area contributed by atoms with Gasteiger partial charge in [0.1, 0.15) is 18.5 Å². The third kappa shape index (κ3) is 7.17. The molecular weight excluding hydrogens is 632 g/mol. The normalized spacial score (nSPS) is 19.6. The van der Waals surface area contributed by atoms with Crippen LogP contribution in [0.4, 0.5) is 20.3 Å². The van der Waals surface area contributed by atoms with Gasteiger partial charge in [0, 0.05) is 55.8 Å². The number of hydrogen-bond donors (Lipinski definition) is 0. The Morgan fingerprint density at radius 3 is 2.72 bits per heavy atom. The fraction of sp³-hybridized carbons (Fsp3) is 0.455. The van der Waals surface area contributed by atoms with Crippen molar-refractivity contribution in [2.45, 2.75) is 37.8 Å². The number of carbonyl (C=O) groups is 1. The van der Waals surface area contributed by atoms with E-state index in [1.807, 2.05) is 30.3 Å². The van der Waals surface area contributed by atoms with Crippen LogP contribution in [0.3, 0.4) is 0 Å². The maximum Gasteiger partial charge on any atom is 0.318 e. The van der Waals surface area contributed by atoms with E-state index >= 15 is 0 Å². The molecule has 3 aliphatic heterocycles. The molecule has 9 nitrogen and oxygen atoms in total. The molecule has 0 N–H and O–H groups in total. The number of anilines is 2. The number of fused-ring (bicyclic) bond motifs is 2. The summed E-state index contributed by atoms with van der Waals surface area (Å²) in [6.07, 6.45) is 2.33. The highest BCUT2D eigenvalue weighted by Gasteiger charge is 2.36. The molecule has 0 radical (unpaired) electrons. The number of amides is 1. The predicted octanol–water partition coefficient (Wildman–Crippen LogP) is 5.19. The maximum atomic E-state index is 14.0. The van der Waals surface area contributed by atoms with Gasteiger partial charge in [-0.1, -0.05) is 42.4 Å². The Bertz CT molecular complexity index is 1630. The summed E-state index contributed by atoms with van der Waals surface area (Å²) in [6, 6.07) is 11.9. The minimum absolute atomic E-state index is 0. The molecule has 2 saturated heterocycles. The average molecular weight is 670 g/mol. The van der Waals surface area contributed by atoms with Crippen molar-refractivity contribution >= 4 is 53.3 Å². The Morgan fingerprint density at radius 1 is 1.15 bits per heavy atom. The van der Waals surface area contributed by atoms with E-state index in [0.717, 1.165) is 40.1 Å². The summed E-state index contributed by atoms with van der Waals surface area (Å²) in [5.74, 6) is -2.14. The van der Waals surface area contributed by atoms with E-state index in [0.29, 0.717) is 57.1 Å². The Balaban J connectivity index is 0.00000417. The minimum atomic E-state index is -2.68. The first-order valence-corrected chi connectivity index (χ1v) is 15.7. The molecule has 0 bridgehead atoms. The van der Waals surface area contributed by atoms with Crippen LogP contribution in [0.1, 0.15) is 24.1 Å². The molecule has 2 aromatic carbocycles. The number of carbonyl (C=O) groups excluding carboxylic acids is 1. The van der Waals surface area contributed by atoms with Gasteiger partial charge in [-0.2, -0.15) is 23.5 Å². The Morgan fingerprint density at radius 2 is 1.96 bits per heavy atom. The molecule has 0 spiro atoms. The second-order valence-electron chi connectivity index (χ2n) is 11.8. The van der Waals surface area contributed by atoms with Gasteiger partial charge in [0.2, 0.25) is 12.5 Å². The molecule has 3 aromatic rings. The van der Waals surface area contributed by atoms with E-state index < -0.39 is 5.92 Å². The number of piperidine rings is 1. The van der Waals surface area contributed by atoms with Crippen LogP contribution in [0.15, 0.2) is 49.1 Å². The van der Waals surface area contributed by atoms with Gasteiger partial charge in [0.15, 0.2) is 0 Å². The van der Waals surface area contributed by atoms with Crippen LogP contribution in [0, 0.1) is 6.57 Å². The van der Waals surface area contributed by atoms with Gasteiger partial charge in [-0.3, -0.25) is 9.69 Å². The number of piperazine rings is 1. The standard InChI is InChI=1S/C33H36ClF2N7O2.H2S/c1-3-29(44)43-16-15-42(20-24(43)19-37-2)31-25-11-14-41(28-10-5-8-23-7-4-9-26(34)30(23)28)21-27(25)38-32(39-31)45-18-17-40-13-6-12-33(35,36)22-40;/h3-5,7-10,24H,1,6,11-22H2;1H2/t24-;/m0./s1. The molecule has 1 amide bonds. The number of nitrogens with zero attached hydrogens (tertiary/aromatic N) is 7. The van der Waals surface area contributed by atoms with Gasteiger partial charge in [-0.15, -0.1) is 0 Å². The Labute approximate surface area is 280 Å². The first kappa shape index (κ1) is 33.7. The van der Waals surface area contributed by atoms with Crippen molar-refractivity contribution < 1.29 is 18.3 Å². The van der Waals surface area contributed by atoms with Crippen molar-refractivity contribution in [3.8, 4) is 6.01 Å². The van der Waals surface area contributed by atoms with Crippen LogP contribution < -0.4 is 14.5 Å². The second-order valence-corrected chi connectivity index (χ2v) is 12.2. The lowest BCUT2D eigenvalue weighted by atomic mass is 10.0. The molecule has 4 heterocycles. The summed E-state index contributed by atoms with van der Waals surface area (Å²) in [5.41, 5.74) is 2.85. The van der Waals surface area contributed by atoms with Gasteiger partial charge < -0.3 is 24.3 Å². The zero-order valence-corrected chi connectivity index (χ0v) is 27.4. The molecule has 1 aromatic heterocycles. The molecular formula is C33H38ClF2N7O2S. The SMILES string of the molecule is S.[C-]#[N+]C[C@H]1CN(c2nc(OCCN3CCCC(F)(F)C3)nc3c2CCN(c2cccc4cccc(Cl)c24)C3)CCN1C(=O)C=C. The van der Waals surface area contributed by atoms with Gasteiger partial charge in [-0.05, 0) is 43.0 Å². The topological polar surface area (TPSA) is 69.4 Å². The molecule has 244 valence electrons. The van der Waals surface area contributed by atoms with Crippen molar-refractivity contribution in [2.24, 2.45) is 0 Å². The highest BCUT2D eigenvalue weighted by molar-refractivity contribution is 7.59. The number of likely N-dealkylation sites (tertiary alicyclic amines) is 1. The highest BCUT2D eigenvalue weighted by Crippen LogP contribution is 2.37. The zero-order chi connectivity index (χ0) is 31.6. The van der Waals surface area contributed by atoms with Crippen LogP contribution in [0.2, 0.25) is 5.02 Å². The number of halogens is 3. The van der Waals surface area contributed by atoms with Gasteiger partial charge in [0.05, 0.1) is 23.8 Å². The van der Waals surface area contributed by atoms with Crippen molar-refractivity contribution in [2.75, 3.05) is 68.8 Å². The third-order valence-electron chi connectivity index (χ3n) is 8.85. The fourth-order valence-corrected chi connectivity index (χ4v) is 6.96. The molecule has 0 aliphatic carbocycles. The summed E-state index contributed by atoms with van der Waals surface area (Å²) < 4.78 is 34.0.